The summed E-state index contributed by atoms with van der Waals surface area (Å²) in [4.78, 5) is 41.0. The summed E-state index contributed by atoms with van der Waals surface area (Å²) < 4.78 is 10.9. The lowest BCUT2D eigenvalue weighted by atomic mass is 10.1. The Balaban J connectivity index is 1.15. The lowest BCUT2D eigenvalue weighted by molar-refractivity contribution is -0.130. The van der Waals surface area contributed by atoms with Gasteiger partial charge in [0.25, 0.3) is 5.56 Å². The average Bonchev–Trinajstić information content (AvgIpc) is 3.18. The van der Waals surface area contributed by atoms with Crippen molar-refractivity contribution in [3.05, 3.63) is 45.9 Å². The number of carbonyl (C=O) groups is 1. The summed E-state index contributed by atoms with van der Waals surface area (Å²) in [5.41, 5.74) is 1.89. The number of aromatic amines is 1. The Morgan fingerprint density at radius 3 is 2.51 bits per heavy atom. The van der Waals surface area contributed by atoms with Crippen LogP contribution in [-0.4, -0.2) is 89.7 Å². The highest BCUT2D eigenvalue weighted by Crippen LogP contribution is 2.32. The molecular weight excluding hydrogens is 448 g/mol. The van der Waals surface area contributed by atoms with Crippen molar-refractivity contribution in [1.82, 2.24) is 24.7 Å². The maximum Gasteiger partial charge on any atom is 0.252 e. The van der Waals surface area contributed by atoms with Crippen LogP contribution in [0.4, 0.5) is 5.95 Å². The van der Waals surface area contributed by atoms with Crippen LogP contribution < -0.4 is 19.9 Å². The third-order valence-electron chi connectivity index (χ3n) is 6.93. The van der Waals surface area contributed by atoms with E-state index in [1.807, 2.05) is 17.9 Å². The van der Waals surface area contributed by atoms with Gasteiger partial charge in [-0.3, -0.25) is 24.4 Å². The molecule has 5 rings (SSSR count). The zero-order chi connectivity index (χ0) is 24.2. The van der Waals surface area contributed by atoms with Crippen LogP contribution in [0.15, 0.2) is 29.1 Å². The molecule has 0 unspecified atom stereocenters. The van der Waals surface area contributed by atoms with Gasteiger partial charge in [-0.1, -0.05) is 13.0 Å². The molecule has 2 aromatic rings. The van der Waals surface area contributed by atoms with E-state index >= 15 is 0 Å². The molecule has 10 nitrogen and oxygen atoms in total. The number of carbonyl (C=O) groups excluding carboxylic acids is 1. The minimum absolute atomic E-state index is 0.128. The van der Waals surface area contributed by atoms with Crippen molar-refractivity contribution >= 4 is 11.9 Å². The Morgan fingerprint density at radius 1 is 0.943 bits per heavy atom. The van der Waals surface area contributed by atoms with Gasteiger partial charge in [0.05, 0.1) is 5.69 Å². The van der Waals surface area contributed by atoms with Crippen LogP contribution in [0.2, 0.25) is 0 Å². The van der Waals surface area contributed by atoms with Crippen LogP contribution in [0.3, 0.4) is 0 Å². The molecule has 0 bridgehead atoms. The van der Waals surface area contributed by atoms with E-state index in [1.54, 1.807) is 6.07 Å². The summed E-state index contributed by atoms with van der Waals surface area (Å²) in [5.74, 6) is 2.43. The van der Waals surface area contributed by atoms with Crippen molar-refractivity contribution in [1.29, 1.82) is 0 Å². The van der Waals surface area contributed by atoms with Crippen LogP contribution in [0.5, 0.6) is 11.5 Å². The molecule has 2 fully saturated rings. The number of rotatable bonds is 6. The van der Waals surface area contributed by atoms with Gasteiger partial charge in [-0.2, -0.15) is 0 Å². The van der Waals surface area contributed by atoms with Gasteiger partial charge in [0.2, 0.25) is 18.6 Å². The first-order valence-electron chi connectivity index (χ1n) is 12.5. The summed E-state index contributed by atoms with van der Waals surface area (Å²) >= 11 is 0. The highest BCUT2D eigenvalue weighted by Gasteiger charge is 2.22. The molecule has 0 saturated carbocycles. The maximum absolute atomic E-state index is 12.4. The van der Waals surface area contributed by atoms with E-state index in [4.69, 9.17) is 14.5 Å². The molecule has 4 heterocycles. The van der Waals surface area contributed by atoms with Gasteiger partial charge in [-0.15, -0.1) is 0 Å². The Morgan fingerprint density at radius 2 is 1.71 bits per heavy atom. The normalized spacial score (nSPS) is 19.1. The third kappa shape index (κ3) is 5.76. The monoisotopic (exact) mass is 482 g/mol. The summed E-state index contributed by atoms with van der Waals surface area (Å²) in [5, 5.41) is 0. The number of hydrogen-bond donors (Lipinski definition) is 1. The van der Waals surface area contributed by atoms with Gasteiger partial charge in [0, 0.05) is 77.9 Å². The zero-order valence-electron chi connectivity index (χ0n) is 20.4. The summed E-state index contributed by atoms with van der Waals surface area (Å²) in [6, 6.07) is 7.75. The largest absolute Gasteiger partial charge is 0.454 e. The number of fused-ring (bicyclic) bond motifs is 1. The standard InChI is InChI=1S/C25H34N6O4/c1-2-24(33)30-6-3-7-31(13-12-30)25-26-20(15-23(32)27-25)17-29-10-8-28(9-11-29)16-19-4-5-21-22(14-19)35-18-34-21/h4-5,14-15H,2-3,6-13,16-18H2,1H3,(H,26,27,32). The van der Waals surface area contributed by atoms with Crippen molar-refractivity contribution in [2.45, 2.75) is 32.9 Å². The number of piperazine rings is 1. The van der Waals surface area contributed by atoms with Gasteiger partial charge in [0.15, 0.2) is 11.5 Å². The minimum atomic E-state index is -0.128. The second-order valence-corrected chi connectivity index (χ2v) is 9.38. The number of nitrogens with one attached hydrogen (secondary N) is 1. The SMILES string of the molecule is CCC(=O)N1CCCN(c2nc(CN3CCN(Cc4ccc5c(c4)OCO5)CC3)cc(=O)[nH]2)CC1. The number of anilines is 1. The quantitative estimate of drug-likeness (QED) is 0.658. The van der Waals surface area contributed by atoms with Crippen molar-refractivity contribution in [3.63, 3.8) is 0 Å². The fourth-order valence-electron chi connectivity index (χ4n) is 4.96. The van der Waals surface area contributed by atoms with Gasteiger partial charge in [-0.25, -0.2) is 4.98 Å². The number of aromatic nitrogens is 2. The number of hydrogen-bond acceptors (Lipinski definition) is 8. The lowest BCUT2D eigenvalue weighted by Crippen LogP contribution is -2.45. The van der Waals surface area contributed by atoms with Crippen LogP contribution in [0, 0.1) is 0 Å². The van der Waals surface area contributed by atoms with E-state index in [1.165, 1.54) is 5.56 Å². The number of H-pyrrole nitrogens is 1. The number of ether oxygens (including phenoxy) is 2. The summed E-state index contributed by atoms with van der Waals surface area (Å²) in [7, 11) is 0. The van der Waals surface area contributed by atoms with Crippen molar-refractivity contribution in [2.75, 3.05) is 64.1 Å². The first kappa shape index (κ1) is 23.6. The second kappa shape index (κ2) is 10.7. The molecule has 10 heteroatoms. The van der Waals surface area contributed by atoms with E-state index in [0.29, 0.717) is 38.8 Å². The lowest BCUT2D eigenvalue weighted by Gasteiger charge is -2.34. The number of amides is 1. The molecule has 1 aromatic heterocycles. The van der Waals surface area contributed by atoms with E-state index in [0.717, 1.165) is 69.4 Å². The summed E-state index contributed by atoms with van der Waals surface area (Å²) in [6.45, 7) is 10.3. The Kier molecular flexibility index (Phi) is 7.19. The first-order valence-corrected chi connectivity index (χ1v) is 12.5. The van der Waals surface area contributed by atoms with Crippen LogP contribution in [-0.2, 0) is 17.9 Å². The van der Waals surface area contributed by atoms with Gasteiger partial charge < -0.3 is 19.3 Å². The third-order valence-corrected chi connectivity index (χ3v) is 6.93. The average molecular weight is 483 g/mol. The highest BCUT2D eigenvalue weighted by molar-refractivity contribution is 5.75. The zero-order valence-corrected chi connectivity index (χ0v) is 20.4. The van der Waals surface area contributed by atoms with Crippen LogP contribution >= 0.6 is 0 Å². The molecule has 35 heavy (non-hydrogen) atoms. The van der Waals surface area contributed by atoms with Gasteiger partial charge in [-0.05, 0) is 24.1 Å². The Bertz CT molecular complexity index is 1100. The van der Waals surface area contributed by atoms with E-state index < -0.39 is 0 Å². The number of benzene rings is 1. The highest BCUT2D eigenvalue weighted by atomic mass is 16.7. The van der Waals surface area contributed by atoms with E-state index in [-0.39, 0.29) is 11.5 Å². The predicted octanol–water partition coefficient (Wildman–Crippen LogP) is 1.27. The van der Waals surface area contributed by atoms with Crippen molar-refractivity contribution in [2.24, 2.45) is 0 Å². The molecule has 0 radical (unpaired) electrons. The molecule has 2 saturated heterocycles. The van der Waals surface area contributed by atoms with E-state index in [9.17, 15) is 9.59 Å². The first-order chi connectivity index (χ1) is 17.1. The van der Waals surface area contributed by atoms with Crippen molar-refractivity contribution in [3.8, 4) is 11.5 Å². The van der Waals surface area contributed by atoms with Crippen molar-refractivity contribution < 1.29 is 14.3 Å². The molecule has 0 spiro atoms. The van der Waals surface area contributed by atoms with Gasteiger partial charge >= 0.3 is 0 Å². The molecule has 0 atom stereocenters. The Labute approximate surface area is 205 Å². The fraction of sp³-hybridized carbons (Fsp3) is 0.560. The molecule has 188 valence electrons. The number of nitrogens with zero attached hydrogens (tertiary/aromatic N) is 5. The fourth-order valence-corrected chi connectivity index (χ4v) is 4.96. The molecule has 3 aliphatic rings. The smallest absolute Gasteiger partial charge is 0.252 e. The molecule has 0 aliphatic carbocycles. The molecule has 3 aliphatic heterocycles. The van der Waals surface area contributed by atoms with Gasteiger partial charge in [0.1, 0.15) is 0 Å². The van der Waals surface area contributed by atoms with E-state index in [2.05, 4.69) is 31.8 Å². The second-order valence-electron chi connectivity index (χ2n) is 9.38. The van der Waals surface area contributed by atoms with Crippen LogP contribution in [0.1, 0.15) is 31.0 Å². The molecule has 1 N–H and O–H groups in total. The minimum Gasteiger partial charge on any atom is -0.454 e. The Hall–Kier alpha value is -3.11. The molecule has 1 aromatic carbocycles. The molecular formula is C25H34N6O4. The van der Waals surface area contributed by atoms with Crippen LogP contribution in [0.25, 0.3) is 0 Å². The topological polar surface area (TPSA) is 94.2 Å². The summed E-state index contributed by atoms with van der Waals surface area (Å²) in [6.07, 6.45) is 1.39. The molecule has 1 amide bonds. The maximum atomic E-state index is 12.4. The predicted molar refractivity (Wildman–Crippen MR) is 132 cm³/mol.